The molecular formula is C10H12N2O3. The molecule has 1 rings (SSSR count). The van der Waals surface area contributed by atoms with Gasteiger partial charge >= 0.3 is 5.97 Å². The number of carbonyl (C=O) groups excluding carboxylic acids is 2. The van der Waals surface area contributed by atoms with E-state index in [9.17, 15) is 9.59 Å². The first-order chi connectivity index (χ1) is 7.19. The molecule has 0 aliphatic carbocycles. The lowest BCUT2D eigenvalue weighted by atomic mass is 10.3. The largest absolute Gasteiger partial charge is 0.464 e. The van der Waals surface area contributed by atoms with Crippen LogP contribution < -0.4 is 0 Å². The Morgan fingerprint density at radius 1 is 1.53 bits per heavy atom. The number of aryl methyl sites for hydroxylation is 1. The second-order valence-electron chi connectivity index (χ2n) is 2.35. The van der Waals surface area contributed by atoms with Crippen molar-refractivity contribution in [3.63, 3.8) is 0 Å². The van der Waals surface area contributed by atoms with Crippen LogP contribution in [0.25, 0.3) is 0 Å². The highest BCUT2D eigenvalue weighted by molar-refractivity contribution is 5.94. The van der Waals surface area contributed by atoms with Gasteiger partial charge in [-0.2, -0.15) is 0 Å². The summed E-state index contributed by atoms with van der Waals surface area (Å²) in [6, 6.07) is 0. The van der Waals surface area contributed by atoms with Gasteiger partial charge in [0.05, 0.1) is 12.8 Å². The summed E-state index contributed by atoms with van der Waals surface area (Å²) in [7, 11) is 1.22. The van der Waals surface area contributed by atoms with E-state index in [0.29, 0.717) is 12.0 Å². The number of aldehydes is 1. The van der Waals surface area contributed by atoms with Crippen molar-refractivity contribution in [3.05, 3.63) is 36.4 Å². The standard InChI is InChI=1S/C8H8N2O3.C2H4/c1-5-3-9-7(8(12)13-2)6(4-11)10-5;1-2/h3-4H,1-2H3;1-2H2. The number of esters is 1. The maximum Gasteiger partial charge on any atom is 0.359 e. The molecule has 80 valence electrons. The number of carbonyl (C=O) groups is 2. The van der Waals surface area contributed by atoms with E-state index in [1.165, 1.54) is 13.3 Å². The molecule has 1 aromatic heterocycles. The average Bonchev–Trinajstić information content (AvgIpc) is 2.30. The fraction of sp³-hybridized carbons (Fsp3) is 0.200. The molecule has 1 heterocycles. The summed E-state index contributed by atoms with van der Waals surface area (Å²) in [6.45, 7) is 7.68. The van der Waals surface area contributed by atoms with Crippen LogP contribution in [0.4, 0.5) is 0 Å². The highest BCUT2D eigenvalue weighted by Crippen LogP contribution is 2.02. The molecule has 0 radical (unpaired) electrons. The molecule has 5 heteroatoms. The van der Waals surface area contributed by atoms with E-state index in [4.69, 9.17) is 0 Å². The monoisotopic (exact) mass is 208 g/mol. The Morgan fingerprint density at radius 2 is 2.13 bits per heavy atom. The van der Waals surface area contributed by atoms with Gasteiger partial charge in [-0.3, -0.25) is 4.79 Å². The summed E-state index contributed by atoms with van der Waals surface area (Å²) in [5.41, 5.74) is 0.532. The minimum Gasteiger partial charge on any atom is -0.464 e. The quantitative estimate of drug-likeness (QED) is 0.414. The molecule has 15 heavy (non-hydrogen) atoms. The van der Waals surface area contributed by atoms with Crippen molar-refractivity contribution >= 4 is 12.3 Å². The van der Waals surface area contributed by atoms with Gasteiger partial charge in [0, 0.05) is 6.20 Å². The fourth-order valence-corrected chi connectivity index (χ4v) is 0.832. The van der Waals surface area contributed by atoms with Gasteiger partial charge in [-0.15, -0.1) is 13.2 Å². The van der Waals surface area contributed by atoms with Gasteiger partial charge < -0.3 is 4.74 Å². The van der Waals surface area contributed by atoms with Crippen LogP contribution in [0.2, 0.25) is 0 Å². The van der Waals surface area contributed by atoms with Crippen LogP contribution in [0.1, 0.15) is 26.7 Å². The molecule has 0 saturated carbocycles. The number of hydrogen-bond donors (Lipinski definition) is 0. The van der Waals surface area contributed by atoms with Crippen LogP contribution in [0.5, 0.6) is 0 Å². The lowest BCUT2D eigenvalue weighted by molar-refractivity contribution is 0.0590. The van der Waals surface area contributed by atoms with Crippen LogP contribution in [0.3, 0.4) is 0 Å². The second kappa shape index (κ2) is 6.42. The van der Waals surface area contributed by atoms with Crippen LogP contribution >= 0.6 is 0 Å². The summed E-state index contributed by atoms with van der Waals surface area (Å²) >= 11 is 0. The molecule has 0 fully saturated rings. The second-order valence-corrected chi connectivity index (χ2v) is 2.35. The van der Waals surface area contributed by atoms with Crippen molar-refractivity contribution in [1.29, 1.82) is 0 Å². The van der Waals surface area contributed by atoms with Crippen LogP contribution in [0, 0.1) is 6.92 Å². The molecule has 0 amide bonds. The number of hydrogen-bond acceptors (Lipinski definition) is 5. The number of methoxy groups -OCH3 is 1. The summed E-state index contributed by atoms with van der Waals surface area (Å²) in [5, 5.41) is 0. The molecule has 0 atom stereocenters. The molecule has 5 nitrogen and oxygen atoms in total. The molecule has 1 aromatic rings. The SMILES string of the molecule is C=C.COC(=O)c1ncc(C)nc1C=O. The van der Waals surface area contributed by atoms with Crippen LogP contribution in [0.15, 0.2) is 19.4 Å². The summed E-state index contributed by atoms with van der Waals surface area (Å²) in [4.78, 5) is 29.1. The molecule has 0 aliphatic rings. The van der Waals surface area contributed by atoms with E-state index in [-0.39, 0.29) is 11.4 Å². The molecule has 0 bridgehead atoms. The van der Waals surface area contributed by atoms with Crippen LogP contribution in [-0.4, -0.2) is 29.3 Å². The topological polar surface area (TPSA) is 69.2 Å². The van der Waals surface area contributed by atoms with Gasteiger partial charge in [-0.1, -0.05) is 0 Å². The molecule has 0 unspecified atom stereocenters. The lowest BCUT2D eigenvalue weighted by Gasteiger charge is -2.00. The van der Waals surface area contributed by atoms with Crippen molar-refractivity contribution in [3.8, 4) is 0 Å². The Balaban J connectivity index is 0.000000921. The van der Waals surface area contributed by atoms with Crippen molar-refractivity contribution in [2.75, 3.05) is 7.11 Å². The summed E-state index contributed by atoms with van der Waals surface area (Å²) < 4.78 is 4.42. The van der Waals surface area contributed by atoms with Gasteiger partial charge in [-0.05, 0) is 6.92 Å². The molecular weight excluding hydrogens is 196 g/mol. The Hall–Kier alpha value is -2.04. The maximum absolute atomic E-state index is 11.0. The maximum atomic E-state index is 11.0. The van der Waals surface area contributed by atoms with E-state index >= 15 is 0 Å². The van der Waals surface area contributed by atoms with Crippen LogP contribution in [-0.2, 0) is 4.74 Å². The first-order valence-corrected chi connectivity index (χ1v) is 4.06. The third-order valence-electron chi connectivity index (χ3n) is 1.41. The summed E-state index contributed by atoms with van der Waals surface area (Å²) in [5.74, 6) is -0.658. The number of rotatable bonds is 2. The van der Waals surface area contributed by atoms with Crippen molar-refractivity contribution in [1.82, 2.24) is 9.97 Å². The normalized spacial score (nSPS) is 8.40. The molecule has 0 saturated heterocycles. The molecule has 0 spiro atoms. The summed E-state index contributed by atoms with van der Waals surface area (Å²) in [6.07, 6.45) is 1.88. The Labute approximate surface area is 87.8 Å². The predicted molar refractivity (Wildman–Crippen MR) is 54.8 cm³/mol. The smallest absolute Gasteiger partial charge is 0.359 e. The Kier molecular flexibility index (Phi) is 5.55. The van der Waals surface area contributed by atoms with Gasteiger partial charge in [-0.25, -0.2) is 14.8 Å². The zero-order valence-corrected chi connectivity index (χ0v) is 8.69. The van der Waals surface area contributed by atoms with E-state index in [0.717, 1.165) is 0 Å². The van der Waals surface area contributed by atoms with Crippen molar-refractivity contribution in [2.24, 2.45) is 0 Å². The third-order valence-corrected chi connectivity index (χ3v) is 1.41. The molecule has 0 aromatic carbocycles. The van der Waals surface area contributed by atoms with E-state index in [2.05, 4.69) is 27.9 Å². The Bertz CT molecular complexity index is 364. The number of nitrogens with zero attached hydrogens (tertiary/aromatic N) is 2. The van der Waals surface area contributed by atoms with E-state index in [1.807, 2.05) is 0 Å². The van der Waals surface area contributed by atoms with Crippen molar-refractivity contribution < 1.29 is 14.3 Å². The minimum atomic E-state index is -0.658. The predicted octanol–water partition coefficient (Wildman–Crippen LogP) is 1.19. The lowest BCUT2D eigenvalue weighted by Crippen LogP contribution is -2.10. The number of ether oxygens (including phenoxy) is 1. The fourth-order valence-electron chi connectivity index (χ4n) is 0.832. The minimum absolute atomic E-state index is 0.00634. The Morgan fingerprint density at radius 3 is 2.60 bits per heavy atom. The van der Waals surface area contributed by atoms with Gasteiger partial charge in [0.1, 0.15) is 5.69 Å². The number of aromatic nitrogens is 2. The molecule has 0 N–H and O–H groups in total. The zero-order chi connectivity index (χ0) is 11.8. The zero-order valence-electron chi connectivity index (χ0n) is 8.69. The van der Waals surface area contributed by atoms with E-state index in [1.54, 1.807) is 6.92 Å². The van der Waals surface area contributed by atoms with Gasteiger partial charge in [0.2, 0.25) is 0 Å². The first kappa shape index (κ1) is 13.0. The first-order valence-electron chi connectivity index (χ1n) is 4.06. The average molecular weight is 208 g/mol. The highest BCUT2D eigenvalue weighted by Gasteiger charge is 2.14. The van der Waals surface area contributed by atoms with Crippen molar-refractivity contribution in [2.45, 2.75) is 6.92 Å². The van der Waals surface area contributed by atoms with E-state index < -0.39 is 5.97 Å². The highest BCUT2D eigenvalue weighted by atomic mass is 16.5. The van der Waals surface area contributed by atoms with Gasteiger partial charge in [0.15, 0.2) is 12.0 Å². The molecule has 0 aliphatic heterocycles. The van der Waals surface area contributed by atoms with Gasteiger partial charge in [0.25, 0.3) is 0 Å². The third kappa shape index (κ3) is 3.30.